The van der Waals surface area contributed by atoms with Crippen LogP contribution in [0.2, 0.25) is 0 Å². The molecule has 4 heteroatoms. The molecule has 0 spiro atoms. The Labute approximate surface area is 140 Å². The summed E-state index contributed by atoms with van der Waals surface area (Å²) in [6.45, 7) is 0.260. The first kappa shape index (κ1) is 13.7. The Morgan fingerprint density at radius 2 is 1.96 bits per heavy atom. The Bertz CT molecular complexity index is 958. The van der Waals surface area contributed by atoms with E-state index in [4.69, 9.17) is 9.47 Å². The van der Waals surface area contributed by atoms with Gasteiger partial charge in [-0.25, -0.2) is 0 Å². The lowest BCUT2D eigenvalue weighted by Gasteiger charge is -2.15. The summed E-state index contributed by atoms with van der Waals surface area (Å²) in [6, 6.07) is 14.1. The highest BCUT2D eigenvalue weighted by molar-refractivity contribution is 5.95. The van der Waals surface area contributed by atoms with Crippen LogP contribution >= 0.6 is 0 Å². The molecule has 1 aliphatic carbocycles. The molecule has 1 N–H and O–H groups in total. The Balaban J connectivity index is 0.00000157. The summed E-state index contributed by atoms with van der Waals surface area (Å²) >= 11 is 0. The zero-order valence-corrected chi connectivity index (χ0v) is 13.2. The summed E-state index contributed by atoms with van der Waals surface area (Å²) in [5.41, 5.74) is 2.85. The zero-order chi connectivity index (χ0) is 16.1. The summed E-state index contributed by atoms with van der Waals surface area (Å²) < 4.78 is 10.8. The lowest BCUT2D eigenvalue weighted by Crippen LogP contribution is -2.22. The van der Waals surface area contributed by atoms with Crippen LogP contribution in [-0.2, 0) is 16.6 Å². The Hall–Kier alpha value is -2.75. The van der Waals surface area contributed by atoms with Gasteiger partial charge in [0, 0.05) is 19.6 Å². The van der Waals surface area contributed by atoms with E-state index >= 15 is 0 Å². The van der Waals surface area contributed by atoms with Gasteiger partial charge in [-0.1, -0.05) is 18.2 Å². The van der Waals surface area contributed by atoms with Crippen molar-refractivity contribution in [2.45, 2.75) is 24.7 Å². The Kier molecular flexibility index (Phi) is 2.77. The Morgan fingerprint density at radius 3 is 2.83 bits per heavy atom. The molecule has 122 valence electrons. The first-order valence-electron chi connectivity index (χ1n) is 8.24. The molecule has 2 heterocycles. The van der Waals surface area contributed by atoms with Crippen LogP contribution in [0.4, 0.5) is 0 Å². The van der Waals surface area contributed by atoms with Crippen LogP contribution in [0.25, 0.3) is 10.9 Å². The maximum Gasteiger partial charge on any atom is 0.231 e. The van der Waals surface area contributed by atoms with E-state index in [1.165, 1.54) is 5.39 Å². The summed E-state index contributed by atoms with van der Waals surface area (Å²) in [6.07, 6.45) is 4.21. The molecule has 2 aliphatic rings. The zero-order valence-electron chi connectivity index (χ0n) is 13.2. The van der Waals surface area contributed by atoms with Gasteiger partial charge in [0.05, 0.1) is 5.41 Å². The molecular weight excluding hydrogens is 302 g/mol. The van der Waals surface area contributed by atoms with Gasteiger partial charge in [0.1, 0.15) is 5.78 Å². The molecule has 24 heavy (non-hydrogen) atoms. The number of H-pyrrole nitrogens is 1. The SMILES string of the molecule is O=C(Cc1ccc2cc[nH]c2c1)C1(c2ccc3c(c2)OCO3)CC1.[HH]. The van der Waals surface area contributed by atoms with E-state index < -0.39 is 0 Å². The summed E-state index contributed by atoms with van der Waals surface area (Å²) in [5, 5.41) is 1.17. The number of ketones is 1. The van der Waals surface area contributed by atoms with Gasteiger partial charge in [0.25, 0.3) is 0 Å². The number of hydrogen-bond acceptors (Lipinski definition) is 3. The molecule has 1 aromatic heterocycles. The molecule has 0 atom stereocenters. The molecule has 0 bridgehead atoms. The van der Waals surface area contributed by atoms with Crippen molar-refractivity contribution in [3.8, 4) is 11.5 Å². The van der Waals surface area contributed by atoms with Crippen LogP contribution in [-0.4, -0.2) is 17.6 Å². The quantitative estimate of drug-likeness (QED) is 0.790. The molecule has 0 amide bonds. The van der Waals surface area contributed by atoms with Crippen molar-refractivity contribution in [3.05, 3.63) is 59.8 Å². The second-order valence-corrected chi connectivity index (χ2v) is 6.65. The number of carbonyl (C=O) groups is 1. The number of nitrogens with one attached hydrogen (secondary N) is 1. The topological polar surface area (TPSA) is 51.3 Å². The van der Waals surface area contributed by atoms with Crippen molar-refractivity contribution in [2.24, 2.45) is 0 Å². The van der Waals surface area contributed by atoms with Crippen molar-refractivity contribution < 1.29 is 15.7 Å². The highest BCUT2D eigenvalue weighted by Crippen LogP contribution is 2.51. The van der Waals surface area contributed by atoms with Gasteiger partial charge in [-0.2, -0.15) is 0 Å². The molecule has 1 saturated carbocycles. The molecule has 5 rings (SSSR count). The molecular formula is C20H19NO3. The highest BCUT2D eigenvalue weighted by atomic mass is 16.7. The number of Topliss-reactive ketones (excluding diaryl/α,β-unsaturated/α-hetero) is 1. The predicted molar refractivity (Wildman–Crippen MR) is 92.6 cm³/mol. The molecule has 1 aliphatic heterocycles. The van der Waals surface area contributed by atoms with Crippen LogP contribution in [0.5, 0.6) is 11.5 Å². The molecule has 2 aromatic carbocycles. The van der Waals surface area contributed by atoms with Gasteiger partial charge in [-0.3, -0.25) is 4.79 Å². The molecule has 3 aromatic rings. The third-order valence-corrected chi connectivity index (χ3v) is 5.19. The maximum absolute atomic E-state index is 13.0. The van der Waals surface area contributed by atoms with E-state index in [1.807, 2.05) is 36.5 Å². The van der Waals surface area contributed by atoms with Gasteiger partial charge in [-0.05, 0) is 53.6 Å². The largest absolute Gasteiger partial charge is 0.454 e. The van der Waals surface area contributed by atoms with Crippen LogP contribution < -0.4 is 9.47 Å². The highest BCUT2D eigenvalue weighted by Gasteiger charge is 2.50. The Morgan fingerprint density at radius 1 is 1.08 bits per heavy atom. The lowest BCUT2D eigenvalue weighted by molar-refractivity contribution is -0.120. The fraction of sp³-hybridized carbons (Fsp3) is 0.250. The van der Waals surface area contributed by atoms with Crippen molar-refractivity contribution in [1.82, 2.24) is 4.98 Å². The third kappa shape index (κ3) is 2.03. The normalized spacial score (nSPS) is 17.2. The standard InChI is InChI=1S/C20H17NO3.H2/c22-19(10-13-1-2-14-5-8-21-16(14)9-13)20(6-7-20)15-3-4-17-18(11-15)24-12-23-17;/h1-5,8-9,11,21H,6-7,10,12H2;1H. The van der Waals surface area contributed by atoms with E-state index in [9.17, 15) is 4.79 Å². The molecule has 0 unspecified atom stereocenters. The monoisotopic (exact) mass is 321 g/mol. The van der Waals surface area contributed by atoms with Crippen molar-refractivity contribution in [1.29, 1.82) is 0 Å². The number of aromatic nitrogens is 1. The molecule has 4 nitrogen and oxygen atoms in total. The number of hydrogen-bond donors (Lipinski definition) is 1. The minimum Gasteiger partial charge on any atom is -0.454 e. The number of rotatable bonds is 4. The van der Waals surface area contributed by atoms with Crippen molar-refractivity contribution >= 4 is 16.7 Å². The second kappa shape index (κ2) is 4.87. The van der Waals surface area contributed by atoms with Crippen molar-refractivity contribution in [2.75, 3.05) is 6.79 Å². The summed E-state index contributed by atoms with van der Waals surface area (Å²) in [4.78, 5) is 16.2. The van der Waals surface area contributed by atoms with Gasteiger partial charge < -0.3 is 14.5 Å². The average Bonchev–Trinajstić information content (AvgIpc) is 3.05. The average molecular weight is 321 g/mol. The van der Waals surface area contributed by atoms with E-state index in [-0.39, 0.29) is 19.4 Å². The molecule has 1 fully saturated rings. The van der Waals surface area contributed by atoms with Crippen LogP contribution in [0.15, 0.2) is 48.7 Å². The number of ether oxygens (including phenoxy) is 2. The number of carbonyl (C=O) groups excluding carboxylic acids is 1. The summed E-state index contributed by atoms with van der Waals surface area (Å²) in [5.74, 6) is 1.80. The third-order valence-electron chi connectivity index (χ3n) is 5.19. The molecule has 0 saturated heterocycles. The van der Waals surface area contributed by atoms with Gasteiger partial charge in [-0.15, -0.1) is 0 Å². The number of aromatic amines is 1. The first-order chi connectivity index (χ1) is 11.7. The fourth-order valence-electron chi connectivity index (χ4n) is 3.61. The van der Waals surface area contributed by atoms with E-state index in [0.29, 0.717) is 6.42 Å². The van der Waals surface area contributed by atoms with Gasteiger partial charge in [0.15, 0.2) is 11.5 Å². The number of fused-ring (bicyclic) bond motifs is 2. The summed E-state index contributed by atoms with van der Waals surface area (Å²) in [7, 11) is 0. The second-order valence-electron chi connectivity index (χ2n) is 6.65. The van der Waals surface area contributed by atoms with Crippen molar-refractivity contribution in [3.63, 3.8) is 0 Å². The van der Waals surface area contributed by atoms with E-state index in [1.54, 1.807) is 0 Å². The minimum absolute atomic E-state index is 0. The maximum atomic E-state index is 13.0. The minimum atomic E-state index is -0.342. The lowest BCUT2D eigenvalue weighted by atomic mass is 9.87. The van der Waals surface area contributed by atoms with E-state index in [0.717, 1.165) is 41.0 Å². The van der Waals surface area contributed by atoms with Crippen LogP contribution in [0, 0.1) is 0 Å². The fourth-order valence-corrected chi connectivity index (χ4v) is 3.61. The van der Waals surface area contributed by atoms with E-state index in [2.05, 4.69) is 17.1 Å². The smallest absolute Gasteiger partial charge is 0.231 e. The predicted octanol–water partition coefficient (Wildman–Crippen LogP) is 3.99. The van der Waals surface area contributed by atoms with Crippen LogP contribution in [0.1, 0.15) is 25.4 Å². The van der Waals surface area contributed by atoms with Gasteiger partial charge in [0.2, 0.25) is 6.79 Å². The molecule has 0 radical (unpaired) electrons. The van der Waals surface area contributed by atoms with Crippen LogP contribution in [0.3, 0.4) is 0 Å². The first-order valence-corrected chi connectivity index (χ1v) is 8.24. The van der Waals surface area contributed by atoms with Gasteiger partial charge >= 0.3 is 0 Å². The number of benzene rings is 2.